The Kier molecular flexibility index (Phi) is 6.58. The first-order valence-corrected chi connectivity index (χ1v) is 10.5. The Morgan fingerprint density at radius 1 is 1.17 bits per heavy atom. The van der Waals surface area contributed by atoms with Crippen LogP contribution in [0.25, 0.3) is 0 Å². The molecule has 2 N–H and O–H groups in total. The molecule has 3 rings (SSSR count). The first-order chi connectivity index (χ1) is 13.8. The van der Waals surface area contributed by atoms with E-state index in [0.717, 1.165) is 10.7 Å². The third-order valence-electron chi connectivity index (χ3n) is 4.68. The molecule has 1 aromatic heterocycles. The molecular weight excluding hydrogens is 390 g/mol. The Morgan fingerprint density at radius 2 is 1.86 bits per heavy atom. The van der Waals surface area contributed by atoms with Crippen molar-refractivity contribution in [2.24, 2.45) is 0 Å². The van der Waals surface area contributed by atoms with Crippen LogP contribution in [0.5, 0.6) is 0 Å². The fraction of sp³-hybridized carbons (Fsp3) is 0.450. The van der Waals surface area contributed by atoms with E-state index in [0.29, 0.717) is 11.6 Å². The van der Waals surface area contributed by atoms with Gasteiger partial charge in [-0.25, -0.2) is 0 Å². The van der Waals surface area contributed by atoms with E-state index in [2.05, 4.69) is 20.8 Å². The second-order valence-electron chi connectivity index (χ2n) is 7.40. The SMILES string of the molecule is CC(C)c1nnc(NC(=O)CCC(=O)NC2CC(C)N(c3ccccc3)C2=O)s1. The van der Waals surface area contributed by atoms with Gasteiger partial charge in [0.05, 0.1) is 0 Å². The number of nitrogens with zero attached hydrogens (tertiary/aromatic N) is 3. The molecule has 1 saturated heterocycles. The maximum atomic E-state index is 12.7. The molecule has 2 aromatic rings. The van der Waals surface area contributed by atoms with Crippen LogP contribution < -0.4 is 15.5 Å². The molecule has 1 aliphatic rings. The van der Waals surface area contributed by atoms with Crippen LogP contribution in [0.2, 0.25) is 0 Å². The smallest absolute Gasteiger partial charge is 0.249 e. The summed E-state index contributed by atoms with van der Waals surface area (Å²) in [5.74, 6) is -0.508. The lowest BCUT2D eigenvalue weighted by Gasteiger charge is -2.21. The van der Waals surface area contributed by atoms with Crippen molar-refractivity contribution < 1.29 is 14.4 Å². The highest BCUT2D eigenvalue weighted by Gasteiger charge is 2.38. The molecule has 8 nitrogen and oxygen atoms in total. The van der Waals surface area contributed by atoms with E-state index in [1.165, 1.54) is 11.3 Å². The highest BCUT2D eigenvalue weighted by molar-refractivity contribution is 7.15. The fourth-order valence-electron chi connectivity index (χ4n) is 3.22. The minimum absolute atomic E-state index is 0.00513. The van der Waals surface area contributed by atoms with E-state index in [1.54, 1.807) is 4.90 Å². The number of amides is 3. The molecule has 1 fully saturated rings. The summed E-state index contributed by atoms with van der Waals surface area (Å²) < 4.78 is 0. The van der Waals surface area contributed by atoms with Gasteiger partial charge in [-0.15, -0.1) is 10.2 Å². The molecule has 0 saturated carbocycles. The van der Waals surface area contributed by atoms with E-state index in [4.69, 9.17) is 0 Å². The van der Waals surface area contributed by atoms with Gasteiger partial charge < -0.3 is 15.5 Å². The van der Waals surface area contributed by atoms with E-state index in [-0.39, 0.29) is 42.5 Å². The molecule has 2 heterocycles. The van der Waals surface area contributed by atoms with Crippen LogP contribution in [0.1, 0.15) is 51.0 Å². The molecule has 0 aliphatic carbocycles. The highest BCUT2D eigenvalue weighted by atomic mass is 32.1. The molecule has 1 aromatic carbocycles. The van der Waals surface area contributed by atoms with Crippen LogP contribution in [0.4, 0.5) is 10.8 Å². The van der Waals surface area contributed by atoms with Crippen LogP contribution >= 0.6 is 11.3 Å². The van der Waals surface area contributed by atoms with Crippen LogP contribution in [0.3, 0.4) is 0 Å². The van der Waals surface area contributed by atoms with Crippen molar-refractivity contribution in [2.75, 3.05) is 10.2 Å². The molecule has 0 spiro atoms. The van der Waals surface area contributed by atoms with Gasteiger partial charge in [0.25, 0.3) is 0 Å². The summed E-state index contributed by atoms with van der Waals surface area (Å²) in [5.41, 5.74) is 0.818. The first-order valence-electron chi connectivity index (χ1n) is 9.66. The standard InChI is InChI=1S/C20H25N5O3S/c1-12(2)18-23-24-20(29-18)22-17(27)10-9-16(26)21-15-11-13(3)25(19(15)28)14-7-5-4-6-8-14/h4-8,12-13,15H,9-11H2,1-3H3,(H,21,26)(H,22,24,27). The van der Waals surface area contributed by atoms with Crippen molar-refractivity contribution in [1.29, 1.82) is 0 Å². The Hall–Kier alpha value is -2.81. The second kappa shape index (κ2) is 9.13. The van der Waals surface area contributed by atoms with E-state index in [9.17, 15) is 14.4 Å². The van der Waals surface area contributed by atoms with Crippen LogP contribution in [0.15, 0.2) is 30.3 Å². The topological polar surface area (TPSA) is 104 Å². The number of rotatable bonds is 7. The predicted octanol–water partition coefficient (Wildman–Crippen LogP) is 2.69. The van der Waals surface area contributed by atoms with E-state index in [1.807, 2.05) is 51.1 Å². The number of benzene rings is 1. The van der Waals surface area contributed by atoms with Gasteiger partial charge in [-0.3, -0.25) is 14.4 Å². The van der Waals surface area contributed by atoms with Gasteiger partial charge in [0, 0.05) is 30.5 Å². The van der Waals surface area contributed by atoms with Crippen molar-refractivity contribution in [3.8, 4) is 0 Å². The predicted molar refractivity (Wildman–Crippen MR) is 112 cm³/mol. The van der Waals surface area contributed by atoms with Gasteiger partial charge in [0.1, 0.15) is 11.0 Å². The van der Waals surface area contributed by atoms with Crippen LogP contribution in [-0.4, -0.2) is 40.0 Å². The van der Waals surface area contributed by atoms with Crippen LogP contribution in [-0.2, 0) is 14.4 Å². The summed E-state index contributed by atoms with van der Waals surface area (Å²) in [6.07, 6.45) is 0.556. The summed E-state index contributed by atoms with van der Waals surface area (Å²) in [5, 5.41) is 14.6. The lowest BCUT2D eigenvalue weighted by molar-refractivity contribution is -0.127. The Bertz CT molecular complexity index is 883. The summed E-state index contributed by atoms with van der Waals surface area (Å²) in [7, 11) is 0. The average molecular weight is 416 g/mol. The van der Waals surface area contributed by atoms with Crippen molar-refractivity contribution in [1.82, 2.24) is 15.5 Å². The van der Waals surface area contributed by atoms with Crippen molar-refractivity contribution >= 4 is 39.9 Å². The number of carbonyl (C=O) groups excluding carboxylic acids is 3. The minimum atomic E-state index is -0.572. The maximum Gasteiger partial charge on any atom is 0.249 e. The van der Waals surface area contributed by atoms with Crippen molar-refractivity contribution in [3.05, 3.63) is 35.3 Å². The summed E-state index contributed by atoms with van der Waals surface area (Å²) in [6.45, 7) is 5.96. The third kappa shape index (κ3) is 5.17. The zero-order valence-corrected chi connectivity index (χ0v) is 17.5. The minimum Gasteiger partial charge on any atom is -0.344 e. The number of nitrogens with one attached hydrogen (secondary N) is 2. The first kappa shape index (κ1) is 20.9. The van der Waals surface area contributed by atoms with Crippen molar-refractivity contribution in [2.45, 2.75) is 58.0 Å². The zero-order valence-electron chi connectivity index (χ0n) is 16.7. The lowest BCUT2D eigenvalue weighted by atomic mass is 10.1. The Labute approximate surface area is 173 Å². The molecule has 1 aliphatic heterocycles. The number of anilines is 2. The van der Waals surface area contributed by atoms with Gasteiger partial charge in [-0.2, -0.15) is 0 Å². The van der Waals surface area contributed by atoms with Gasteiger partial charge in [-0.05, 0) is 25.5 Å². The lowest BCUT2D eigenvalue weighted by Crippen LogP contribution is -2.42. The van der Waals surface area contributed by atoms with E-state index < -0.39 is 6.04 Å². The fourth-order valence-corrected chi connectivity index (χ4v) is 3.98. The normalized spacial score (nSPS) is 18.9. The molecule has 2 unspecified atom stereocenters. The van der Waals surface area contributed by atoms with Gasteiger partial charge in [-0.1, -0.05) is 43.4 Å². The molecular formula is C20H25N5O3S. The summed E-state index contributed by atoms with van der Waals surface area (Å²) in [4.78, 5) is 38.7. The molecule has 2 atom stereocenters. The largest absolute Gasteiger partial charge is 0.344 e. The number of para-hydroxylation sites is 1. The zero-order chi connectivity index (χ0) is 21.0. The second-order valence-corrected chi connectivity index (χ2v) is 8.41. The maximum absolute atomic E-state index is 12.7. The molecule has 0 bridgehead atoms. The van der Waals surface area contributed by atoms with Gasteiger partial charge >= 0.3 is 0 Å². The Morgan fingerprint density at radius 3 is 2.52 bits per heavy atom. The number of hydrogen-bond donors (Lipinski definition) is 2. The third-order valence-corrected chi connectivity index (χ3v) is 5.82. The Balaban J connectivity index is 1.48. The molecule has 3 amide bonds. The molecule has 9 heteroatoms. The monoisotopic (exact) mass is 415 g/mol. The number of carbonyl (C=O) groups is 3. The van der Waals surface area contributed by atoms with Crippen molar-refractivity contribution in [3.63, 3.8) is 0 Å². The van der Waals surface area contributed by atoms with Gasteiger partial charge in [0.15, 0.2) is 0 Å². The van der Waals surface area contributed by atoms with E-state index >= 15 is 0 Å². The van der Waals surface area contributed by atoms with Gasteiger partial charge in [0.2, 0.25) is 22.9 Å². The summed E-state index contributed by atoms with van der Waals surface area (Å²) in [6, 6.07) is 8.82. The summed E-state index contributed by atoms with van der Waals surface area (Å²) >= 11 is 1.32. The molecule has 29 heavy (non-hydrogen) atoms. The van der Waals surface area contributed by atoms with Crippen LogP contribution in [0, 0.1) is 0 Å². The quantitative estimate of drug-likeness (QED) is 0.723. The number of aromatic nitrogens is 2. The molecule has 154 valence electrons. The average Bonchev–Trinajstić information content (AvgIpc) is 3.25. The number of hydrogen-bond acceptors (Lipinski definition) is 6. The molecule has 0 radical (unpaired) electrons. The highest BCUT2D eigenvalue weighted by Crippen LogP contribution is 2.26.